The van der Waals surface area contributed by atoms with Gasteiger partial charge in [-0.1, -0.05) is 68.3 Å². The average Bonchev–Trinajstić information content (AvgIpc) is 3.44. The molecule has 34 heavy (non-hydrogen) atoms. The minimum Gasteiger partial charge on any atom is -0.500 e. The molecule has 4 rings (SSSR count). The Bertz CT molecular complexity index is 1060. The molecule has 0 N–H and O–H groups in total. The molecule has 5 heteroatoms. The summed E-state index contributed by atoms with van der Waals surface area (Å²) in [6, 6.07) is 10.2. The molecule has 0 saturated carbocycles. The predicted octanol–water partition coefficient (Wildman–Crippen LogP) is 6.07. The molecule has 0 bridgehead atoms. The van der Waals surface area contributed by atoms with Gasteiger partial charge in [0.05, 0.1) is 12.7 Å². The Morgan fingerprint density at radius 2 is 2.00 bits per heavy atom. The molecule has 1 aromatic rings. The highest BCUT2D eigenvalue weighted by molar-refractivity contribution is 5.91. The van der Waals surface area contributed by atoms with E-state index in [1.165, 1.54) is 0 Å². The van der Waals surface area contributed by atoms with Crippen LogP contribution in [0.5, 0.6) is 0 Å². The number of allylic oxidation sites excluding steroid dienone is 5. The maximum Gasteiger partial charge on any atom is 0.340 e. The number of hydrogen-bond acceptors (Lipinski definition) is 5. The SMILES string of the molecule is CCCCCC(=O)/C=C/C1C(OC)=C(C(=O)O[C@@H]2C=C3C=CC=C3O2)CC[C@H]1c1ccccc1. The van der Waals surface area contributed by atoms with E-state index in [0.717, 1.165) is 36.8 Å². The van der Waals surface area contributed by atoms with Crippen LogP contribution < -0.4 is 0 Å². The number of unbranched alkanes of at least 4 members (excludes halogenated alkanes) is 2. The molecule has 0 spiro atoms. The topological polar surface area (TPSA) is 61.8 Å². The van der Waals surface area contributed by atoms with Crippen LogP contribution in [0.1, 0.15) is 56.9 Å². The Balaban J connectivity index is 1.57. The summed E-state index contributed by atoms with van der Waals surface area (Å²) in [4.78, 5) is 25.6. The van der Waals surface area contributed by atoms with Crippen molar-refractivity contribution in [2.45, 2.75) is 57.7 Å². The smallest absolute Gasteiger partial charge is 0.340 e. The molecule has 0 radical (unpaired) electrons. The highest BCUT2D eigenvalue weighted by Gasteiger charge is 2.36. The lowest BCUT2D eigenvalue weighted by atomic mass is 9.75. The molecule has 0 amide bonds. The highest BCUT2D eigenvalue weighted by atomic mass is 16.7. The Kier molecular flexibility index (Phi) is 7.84. The van der Waals surface area contributed by atoms with Gasteiger partial charge in [0.25, 0.3) is 6.29 Å². The van der Waals surface area contributed by atoms with E-state index >= 15 is 0 Å². The van der Waals surface area contributed by atoms with Crippen LogP contribution >= 0.6 is 0 Å². The van der Waals surface area contributed by atoms with Gasteiger partial charge in [0.15, 0.2) is 5.78 Å². The minimum atomic E-state index is -0.745. The van der Waals surface area contributed by atoms with Crippen molar-refractivity contribution in [2.75, 3.05) is 7.11 Å². The van der Waals surface area contributed by atoms with Gasteiger partial charge in [-0.05, 0) is 42.9 Å². The number of benzene rings is 1. The van der Waals surface area contributed by atoms with Crippen LogP contribution in [-0.2, 0) is 23.8 Å². The molecule has 3 atom stereocenters. The fourth-order valence-corrected chi connectivity index (χ4v) is 4.79. The molecular weight excluding hydrogens is 428 g/mol. The Morgan fingerprint density at radius 1 is 1.18 bits per heavy atom. The molecular formula is C29H32O5. The van der Waals surface area contributed by atoms with E-state index in [9.17, 15) is 9.59 Å². The molecule has 1 aliphatic heterocycles. The van der Waals surface area contributed by atoms with E-state index in [0.29, 0.717) is 29.9 Å². The number of fused-ring (bicyclic) bond motifs is 1. The highest BCUT2D eigenvalue weighted by Crippen LogP contribution is 2.43. The first-order valence-corrected chi connectivity index (χ1v) is 12.1. The lowest BCUT2D eigenvalue weighted by Crippen LogP contribution is -2.27. The quantitative estimate of drug-likeness (QED) is 0.241. The maximum atomic E-state index is 13.1. The number of rotatable bonds is 10. The Labute approximate surface area is 201 Å². The fourth-order valence-electron chi connectivity index (χ4n) is 4.79. The molecule has 5 nitrogen and oxygen atoms in total. The summed E-state index contributed by atoms with van der Waals surface area (Å²) < 4.78 is 17.2. The molecule has 1 heterocycles. The first kappa shape index (κ1) is 23.8. The van der Waals surface area contributed by atoms with Gasteiger partial charge in [-0.2, -0.15) is 0 Å². The van der Waals surface area contributed by atoms with Crippen LogP contribution in [0.2, 0.25) is 0 Å². The molecule has 1 unspecified atom stereocenters. The van der Waals surface area contributed by atoms with Gasteiger partial charge in [-0.25, -0.2) is 4.79 Å². The molecule has 3 aliphatic rings. The van der Waals surface area contributed by atoms with Gasteiger partial charge in [0, 0.05) is 24.0 Å². The third kappa shape index (κ3) is 5.41. The van der Waals surface area contributed by atoms with Crippen LogP contribution in [0.15, 0.2) is 89.5 Å². The number of methoxy groups -OCH3 is 1. The number of ether oxygens (including phenoxy) is 3. The summed E-state index contributed by atoms with van der Waals surface area (Å²) >= 11 is 0. The van der Waals surface area contributed by atoms with Crippen molar-refractivity contribution >= 4 is 11.8 Å². The Hall–Kier alpha value is -3.34. The van der Waals surface area contributed by atoms with Crippen molar-refractivity contribution < 1.29 is 23.8 Å². The molecule has 2 aliphatic carbocycles. The van der Waals surface area contributed by atoms with Gasteiger partial charge >= 0.3 is 5.97 Å². The number of hydrogen-bond donors (Lipinski definition) is 0. The first-order chi connectivity index (χ1) is 16.6. The van der Waals surface area contributed by atoms with E-state index in [4.69, 9.17) is 14.2 Å². The normalized spacial score (nSPS) is 23.4. The van der Waals surface area contributed by atoms with Crippen molar-refractivity contribution in [3.05, 3.63) is 95.0 Å². The monoisotopic (exact) mass is 460 g/mol. The number of ketones is 1. The van der Waals surface area contributed by atoms with Crippen molar-refractivity contribution in [2.24, 2.45) is 5.92 Å². The van der Waals surface area contributed by atoms with Gasteiger partial charge in [-0.15, -0.1) is 0 Å². The van der Waals surface area contributed by atoms with E-state index in [1.807, 2.05) is 42.5 Å². The van der Waals surface area contributed by atoms with Gasteiger partial charge in [0.2, 0.25) is 0 Å². The maximum absolute atomic E-state index is 13.1. The van der Waals surface area contributed by atoms with Crippen LogP contribution in [-0.4, -0.2) is 25.2 Å². The van der Waals surface area contributed by atoms with Crippen LogP contribution in [0.3, 0.4) is 0 Å². The van der Waals surface area contributed by atoms with Crippen LogP contribution in [0.25, 0.3) is 0 Å². The zero-order valence-electron chi connectivity index (χ0n) is 19.9. The van der Waals surface area contributed by atoms with Gasteiger partial charge in [-0.3, -0.25) is 4.79 Å². The molecule has 0 fully saturated rings. The molecule has 0 aromatic heterocycles. The first-order valence-electron chi connectivity index (χ1n) is 12.1. The van der Waals surface area contributed by atoms with Crippen LogP contribution in [0.4, 0.5) is 0 Å². The molecule has 178 valence electrons. The van der Waals surface area contributed by atoms with Crippen molar-refractivity contribution in [3.8, 4) is 0 Å². The Morgan fingerprint density at radius 3 is 2.74 bits per heavy atom. The lowest BCUT2D eigenvalue weighted by molar-refractivity contribution is -0.157. The fraction of sp³-hybridized carbons (Fsp3) is 0.379. The molecule has 0 saturated heterocycles. The van der Waals surface area contributed by atoms with Crippen molar-refractivity contribution in [1.29, 1.82) is 0 Å². The largest absolute Gasteiger partial charge is 0.500 e. The second-order valence-electron chi connectivity index (χ2n) is 8.81. The van der Waals surface area contributed by atoms with E-state index in [1.54, 1.807) is 19.3 Å². The summed E-state index contributed by atoms with van der Waals surface area (Å²) in [5.74, 6) is 0.812. The predicted molar refractivity (Wildman–Crippen MR) is 131 cm³/mol. The summed E-state index contributed by atoms with van der Waals surface area (Å²) in [6.45, 7) is 2.12. The van der Waals surface area contributed by atoms with E-state index in [2.05, 4.69) is 19.1 Å². The summed E-state index contributed by atoms with van der Waals surface area (Å²) in [7, 11) is 1.58. The van der Waals surface area contributed by atoms with Gasteiger partial charge in [0.1, 0.15) is 11.5 Å². The third-order valence-corrected chi connectivity index (χ3v) is 6.54. The summed E-state index contributed by atoms with van der Waals surface area (Å²) in [5, 5.41) is 0. The second kappa shape index (κ2) is 11.2. The van der Waals surface area contributed by atoms with Crippen molar-refractivity contribution in [1.82, 2.24) is 0 Å². The standard InChI is InChI=1S/C29H32O5/c1-3-4-6-13-22(30)15-16-24-23(20-10-7-5-8-11-20)17-18-25(28(24)32-2)29(31)34-27-19-21-12-9-14-26(21)33-27/h5,7-12,14-16,19,23-24,27H,3-4,6,13,17-18H2,1-2H3/b16-15+/t23-,24?,27+/m0/s1. The second-order valence-corrected chi connectivity index (χ2v) is 8.81. The lowest BCUT2D eigenvalue weighted by Gasteiger charge is -2.33. The van der Waals surface area contributed by atoms with Crippen molar-refractivity contribution in [3.63, 3.8) is 0 Å². The van der Waals surface area contributed by atoms with Gasteiger partial charge < -0.3 is 14.2 Å². The summed E-state index contributed by atoms with van der Waals surface area (Å²) in [6.07, 6.45) is 15.1. The number of carbonyl (C=O) groups excluding carboxylic acids is 2. The molecule has 1 aromatic carbocycles. The van der Waals surface area contributed by atoms with E-state index < -0.39 is 12.3 Å². The third-order valence-electron chi connectivity index (χ3n) is 6.54. The van der Waals surface area contributed by atoms with Crippen LogP contribution in [0, 0.1) is 5.92 Å². The minimum absolute atomic E-state index is 0.101. The zero-order chi connectivity index (χ0) is 23.9. The zero-order valence-corrected chi connectivity index (χ0v) is 19.9. The number of carbonyl (C=O) groups is 2. The number of esters is 1. The average molecular weight is 461 g/mol. The van der Waals surface area contributed by atoms with E-state index in [-0.39, 0.29) is 17.6 Å². The summed E-state index contributed by atoms with van der Waals surface area (Å²) in [5.41, 5.74) is 2.59.